The number of rotatable bonds is 4. The van der Waals surface area contributed by atoms with Crippen molar-refractivity contribution in [2.75, 3.05) is 4.90 Å². The second kappa shape index (κ2) is 7.25. The normalized spacial score (nSPS) is 19.9. The lowest BCUT2D eigenvalue weighted by Crippen LogP contribution is -2.67. The van der Waals surface area contributed by atoms with E-state index in [4.69, 9.17) is 11.6 Å². The fourth-order valence-corrected chi connectivity index (χ4v) is 5.28. The number of nitro groups is 1. The maximum atomic E-state index is 13.4. The number of β-lactam (4-membered cyclic amide) rings is 1. The summed E-state index contributed by atoms with van der Waals surface area (Å²) in [4.78, 5) is 53.6. The molecule has 0 bridgehead atoms. The number of hydrogen-bond donors (Lipinski definition) is 0. The minimum absolute atomic E-state index is 0.0701. The third-order valence-corrected chi connectivity index (χ3v) is 6.91. The molecule has 1 saturated heterocycles. The zero-order valence-corrected chi connectivity index (χ0v) is 18.1. The molecule has 0 spiro atoms. The van der Waals surface area contributed by atoms with Gasteiger partial charge in [0.2, 0.25) is 0 Å². The minimum Gasteiger partial charge on any atom is -0.299 e. The predicted octanol–water partition coefficient (Wildman–Crippen LogP) is 4.37. The molecular weight excluding hydrogens is 454 g/mol. The van der Waals surface area contributed by atoms with Crippen molar-refractivity contribution >= 4 is 52.0 Å². The van der Waals surface area contributed by atoms with Gasteiger partial charge in [0.05, 0.1) is 10.5 Å². The van der Waals surface area contributed by atoms with Crippen LogP contribution in [0.5, 0.6) is 0 Å². The number of hydrogen-bond acceptors (Lipinski definition) is 6. The highest BCUT2D eigenvalue weighted by molar-refractivity contribution is 7.10. The highest BCUT2D eigenvalue weighted by Gasteiger charge is 2.58. The summed E-state index contributed by atoms with van der Waals surface area (Å²) in [5, 5.41) is 13.7. The van der Waals surface area contributed by atoms with Crippen LogP contribution in [0.3, 0.4) is 0 Å². The van der Waals surface area contributed by atoms with Gasteiger partial charge in [-0.15, -0.1) is 11.3 Å². The predicted molar refractivity (Wildman–Crippen MR) is 118 cm³/mol. The number of halogens is 1. The Morgan fingerprint density at radius 1 is 1.00 bits per heavy atom. The summed E-state index contributed by atoms with van der Waals surface area (Å²) < 4.78 is 0. The molecule has 2 atom stereocenters. The number of imide groups is 1. The number of carbonyl (C=O) groups excluding carboxylic acids is 3. The number of nitro benzene ring substituents is 1. The van der Waals surface area contributed by atoms with E-state index in [0.717, 1.165) is 15.3 Å². The number of fused-ring (bicyclic) bond motifs is 1. The van der Waals surface area contributed by atoms with Gasteiger partial charge in [0.1, 0.15) is 17.6 Å². The first-order chi connectivity index (χ1) is 15.3. The fourth-order valence-electron chi connectivity index (χ4n) is 4.27. The molecule has 2 aliphatic rings. The Morgan fingerprint density at radius 2 is 1.78 bits per heavy atom. The van der Waals surface area contributed by atoms with Gasteiger partial charge in [-0.25, -0.2) is 0 Å². The van der Waals surface area contributed by atoms with Crippen LogP contribution in [0.1, 0.15) is 37.2 Å². The molecule has 2 aromatic carbocycles. The second-order valence-electron chi connectivity index (χ2n) is 7.48. The van der Waals surface area contributed by atoms with Gasteiger partial charge in [-0.3, -0.25) is 34.3 Å². The topological polar surface area (TPSA) is 101 Å². The van der Waals surface area contributed by atoms with Gasteiger partial charge in [-0.2, -0.15) is 0 Å². The number of nitrogens with zero attached hydrogens (tertiary/aromatic N) is 3. The smallest absolute Gasteiger partial charge is 0.282 e. The van der Waals surface area contributed by atoms with Crippen molar-refractivity contribution in [1.29, 1.82) is 0 Å². The van der Waals surface area contributed by atoms with E-state index in [1.54, 1.807) is 18.2 Å². The zero-order chi connectivity index (χ0) is 22.7. The first kappa shape index (κ1) is 20.3. The van der Waals surface area contributed by atoms with Crippen LogP contribution in [0, 0.1) is 17.0 Å². The standard InChI is InChI=1S/C22H14ClN3O5S/c1-11-7-8-12(23)10-15(11)24-18(16-6-3-9-32-16)19(22(24)29)25-20(27)13-4-2-5-14(26(30)31)17(13)21(25)28/h2-10,18-19H,1H3. The van der Waals surface area contributed by atoms with Crippen LogP contribution in [0.2, 0.25) is 5.02 Å². The van der Waals surface area contributed by atoms with Crippen LogP contribution in [0.4, 0.5) is 11.4 Å². The van der Waals surface area contributed by atoms with Gasteiger partial charge in [0, 0.05) is 21.7 Å². The molecule has 3 amide bonds. The lowest BCUT2D eigenvalue weighted by atomic mass is 9.90. The Kier molecular flexibility index (Phi) is 4.61. The van der Waals surface area contributed by atoms with Crippen LogP contribution in [0.25, 0.3) is 0 Å². The number of aryl methyl sites for hydroxylation is 1. The van der Waals surface area contributed by atoms with Gasteiger partial charge in [-0.05, 0) is 42.1 Å². The van der Waals surface area contributed by atoms with Gasteiger partial charge in [0.15, 0.2) is 0 Å². The van der Waals surface area contributed by atoms with E-state index in [1.807, 2.05) is 24.4 Å². The highest BCUT2D eigenvalue weighted by atomic mass is 35.5. The van der Waals surface area contributed by atoms with E-state index in [2.05, 4.69) is 0 Å². The molecule has 2 aliphatic heterocycles. The average molecular weight is 468 g/mol. The summed E-state index contributed by atoms with van der Waals surface area (Å²) in [6.07, 6.45) is 0. The van der Waals surface area contributed by atoms with E-state index in [0.29, 0.717) is 10.7 Å². The van der Waals surface area contributed by atoms with E-state index < -0.39 is 40.4 Å². The van der Waals surface area contributed by atoms with E-state index in [9.17, 15) is 24.5 Å². The summed E-state index contributed by atoms with van der Waals surface area (Å²) in [5.41, 5.74) is 0.586. The van der Waals surface area contributed by atoms with Crippen molar-refractivity contribution in [3.8, 4) is 0 Å². The third kappa shape index (κ3) is 2.78. The summed E-state index contributed by atoms with van der Waals surface area (Å²) in [7, 11) is 0. The number of carbonyl (C=O) groups is 3. The van der Waals surface area contributed by atoms with Crippen LogP contribution < -0.4 is 4.90 Å². The molecule has 8 nitrogen and oxygen atoms in total. The first-order valence-corrected chi connectivity index (χ1v) is 10.8. The lowest BCUT2D eigenvalue weighted by molar-refractivity contribution is -0.385. The van der Waals surface area contributed by atoms with E-state index in [1.165, 1.54) is 34.4 Å². The molecule has 1 fully saturated rings. The number of thiophene rings is 1. The maximum Gasteiger partial charge on any atom is 0.282 e. The monoisotopic (exact) mass is 467 g/mol. The maximum absolute atomic E-state index is 13.4. The molecule has 160 valence electrons. The molecule has 0 aliphatic carbocycles. The van der Waals surface area contributed by atoms with Gasteiger partial charge in [-0.1, -0.05) is 29.8 Å². The number of benzene rings is 2. The molecule has 3 heterocycles. The minimum atomic E-state index is -1.11. The molecule has 3 aromatic rings. The van der Waals surface area contributed by atoms with Crippen LogP contribution in [-0.4, -0.2) is 33.6 Å². The first-order valence-electron chi connectivity index (χ1n) is 9.59. The van der Waals surface area contributed by atoms with Crippen molar-refractivity contribution in [2.45, 2.75) is 19.0 Å². The van der Waals surface area contributed by atoms with Crippen LogP contribution in [0.15, 0.2) is 53.9 Å². The molecule has 1 aromatic heterocycles. The Bertz CT molecular complexity index is 1320. The van der Waals surface area contributed by atoms with Crippen LogP contribution in [-0.2, 0) is 4.79 Å². The summed E-state index contributed by atoms with van der Waals surface area (Å²) in [6.45, 7) is 1.84. The molecular formula is C22H14ClN3O5S. The van der Waals surface area contributed by atoms with Crippen molar-refractivity contribution in [2.24, 2.45) is 0 Å². The molecule has 0 radical (unpaired) electrons. The van der Waals surface area contributed by atoms with Gasteiger partial charge in [0.25, 0.3) is 23.4 Å². The molecule has 2 unspecified atom stereocenters. The molecule has 10 heteroatoms. The second-order valence-corrected chi connectivity index (χ2v) is 8.90. The highest BCUT2D eigenvalue weighted by Crippen LogP contribution is 2.47. The SMILES string of the molecule is Cc1ccc(Cl)cc1N1C(=O)C(N2C(=O)c3cccc([N+](=O)[O-])c3C2=O)C1c1cccs1. The summed E-state index contributed by atoms with van der Waals surface area (Å²) in [5.74, 6) is -2.00. The van der Waals surface area contributed by atoms with E-state index in [-0.39, 0.29) is 11.1 Å². The van der Waals surface area contributed by atoms with Crippen LogP contribution >= 0.6 is 22.9 Å². The zero-order valence-electron chi connectivity index (χ0n) is 16.5. The summed E-state index contributed by atoms with van der Waals surface area (Å²) in [6, 6.07) is 11.0. The van der Waals surface area contributed by atoms with Gasteiger partial charge < -0.3 is 0 Å². The largest absolute Gasteiger partial charge is 0.299 e. The third-order valence-electron chi connectivity index (χ3n) is 5.73. The van der Waals surface area contributed by atoms with Crippen molar-refractivity contribution < 1.29 is 19.3 Å². The lowest BCUT2D eigenvalue weighted by Gasteiger charge is -2.49. The van der Waals surface area contributed by atoms with E-state index >= 15 is 0 Å². The number of anilines is 1. The van der Waals surface area contributed by atoms with Crippen molar-refractivity contribution in [1.82, 2.24) is 4.90 Å². The molecule has 0 N–H and O–H groups in total. The quantitative estimate of drug-likeness (QED) is 0.245. The van der Waals surface area contributed by atoms with Gasteiger partial charge >= 0.3 is 0 Å². The Morgan fingerprint density at radius 3 is 2.47 bits per heavy atom. The molecule has 0 saturated carbocycles. The Hall–Kier alpha value is -3.56. The summed E-state index contributed by atoms with van der Waals surface area (Å²) >= 11 is 7.55. The Balaban J connectivity index is 1.61. The van der Waals surface area contributed by atoms with Crippen molar-refractivity contribution in [3.05, 3.63) is 90.6 Å². The fraction of sp³-hybridized carbons (Fsp3) is 0.136. The average Bonchev–Trinajstić information content (AvgIpc) is 3.37. The van der Waals surface area contributed by atoms with Crippen molar-refractivity contribution in [3.63, 3.8) is 0 Å². The molecule has 32 heavy (non-hydrogen) atoms. The molecule has 5 rings (SSSR count). The Labute approximate surface area is 190 Å². The number of amides is 3.